The summed E-state index contributed by atoms with van der Waals surface area (Å²) in [6.45, 7) is 9.85. The SMILES string of the molecule is CCOc1ccccc1Nc1cc(Nc2ccc(N3CCN(CC)CC3)cn2)ncc1C(N)=O. The fourth-order valence-electron chi connectivity index (χ4n) is 3.92. The second-order valence-electron chi connectivity index (χ2n) is 7.98. The van der Waals surface area contributed by atoms with Crippen LogP contribution in [0.1, 0.15) is 24.2 Å². The van der Waals surface area contributed by atoms with E-state index in [-0.39, 0.29) is 5.56 Å². The van der Waals surface area contributed by atoms with Crippen LogP contribution in [0.25, 0.3) is 0 Å². The van der Waals surface area contributed by atoms with Crippen molar-refractivity contribution in [1.29, 1.82) is 0 Å². The van der Waals surface area contributed by atoms with Gasteiger partial charge in [0.2, 0.25) is 0 Å². The fourth-order valence-corrected chi connectivity index (χ4v) is 3.92. The van der Waals surface area contributed by atoms with Gasteiger partial charge in [0.25, 0.3) is 5.91 Å². The van der Waals surface area contributed by atoms with Gasteiger partial charge in [0.1, 0.15) is 17.4 Å². The van der Waals surface area contributed by atoms with Crippen molar-refractivity contribution in [3.8, 4) is 5.75 Å². The smallest absolute Gasteiger partial charge is 0.252 e. The van der Waals surface area contributed by atoms with E-state index in [0.717, 1.165) is 44.1 Å². The molecule has 0 saturated carbocycles. The van der Waals surface area contributed by atoms with Crippen LogP contribution in [0, 0.1) is 0 Å². The highest BCUT2D eigenvalue weighted by molar-refractivity contribution is 5.99. The number of carbonyl (C=O) groups excluding carboxylic acids is 1. The number of primary amides is 1. The van der Waals surface area contributed by atoms with Gasteiger partial charge in [0.05, 0.1) is 35.4 Å². The Labute approximate surface area is 199 Å². The van der Waals surface area contributed by atoms with Crippen LogP contribution in [-0.2, 0) is 0 Å². The number of aromatic nitrogens is 2. The predicted octanol–water partition coefficient (Wildman–Crippen LogP) is 3.60. The highest BCUT2D eigenvalue weighted by atomic mass is 16.5. The number of piperazine rings is 1. The third-order valence-electron chi connectivity index (χ3n) is 5.81. The van der Waals surface area contributed by atoms with Crippen LogP contribution in [0.15, 0.2) is 54.9 Å². The van der Waals surface area contributed by atoms with E-state index < -0.39 is 5.91 Å². The molecule has 2 aromatic heterocycles. The third kappa shape index (κ3) is 5.55. The van der Waals surface area contributed by atoms with Gasteiger partial charge < -0.3 is 30.9 Å². The first-order valence-electron chi connectivity index (χ1n) is 11.6. The number of nitrogens with two attached hydrogens (primary N) is 1. The van der Waals surface area contributed by atoms with Crippen LogP contribution in [0.4, 0.5) is 28.7 Å². The quantitative estimate of drug-likeness (QED) is 0.444. The Balaban J connectivity index is 1.50. The monoisotopic (exact) mass is 461 g/mol. The van der Waals surface area contributed by atoms with Crippen LogP contribution >= 0.6 is 0 Å². The highest BCUT2D eigenvalue weighted by Gasteiger charge is 2.16. The number of pyridine rings is 2. The van der Waals surface area contributed by atoms with Gasteiger partial charge in [0, 0.05) is 38.4 Å². The fraction of sp³-hybridized carbons (Fsp3) is 0.320. The number of hydrogen-bond donors (Lipinski definition) is 3. The number of benzene rings is 1. The molecule has 1 aromatic carbocycles. The normalized spacial score (nSPS) is 14.0. The molecule has 0 radical (unpaired) electrons. The van der Waals surface area contributed by atoms with Gasteiger partial charge in [-0.05, 0) is 37.7 Å². The third-order valence-corrected chi connectivity index (χ3v) is 5.81. The highest BCUT2D eigenvalue weighted by Crippen LogP contribution is 2.30. The number of rotatable bonds is 9. The number of anilines is 5. The molecule has 178 valence electrons. The number of amides is 1. The zero-order chi connectivity index (χ0) is 23.9. The molecular formula is C25H31N7O2. The van der Waals surface area contributed by atoms with Gasteiger partial charge in [-0.1, -0.05) is 19.1 Å². The summed E-state index contributed by atoms with van der Waals surface area (Å²) in [6.07, 6.45) is 3.33. The molecule has 1 amide bonds. The lowest BCUT2D eigenvalue weighted by molar-refractivity contribution is 0.100. The molecule has 4 rings (SSSR count). The summed E-state index contributed by atoms with van der Waals surface area (Å²) in [5.41, 5.74) is 8.23. The summed E-state index contributed by atoms with van der Waals surface area (Å²) in [5.74, 6) is 1.32. The van der Waals surface area contributed by atoms with Gasteiger partial charge in [-0.2, -0.15) is 0 Å². The average Bonchev–Trinajstić information content (AvgIpc) is 2.86. The van der Waals surface area contributed by atoms with Gasteiger partial charge >= 0.3 is 0 Å². The molecule has 1 aliphatic heterocycles. The molecule has 1 fully saturated rings. The number of hydrogen-bond acceptors (Lipinski definition) is 8. The van der Waals surface area contributed by atoms with Crippen LogP contribution in [0.2, 0.25) is 0 Å². The maximum atomic E-state index is 12.0. The summed E-state index contributed by atoms with van der Waals surface area (Å²) in [7, 11) is 0. The Morgan fingerprint density at radius 1 is 0.971 bits per heavy atom. The van der Waals surface area contributed by atoms with Crippen LogP contribution in [0.5, 0.6) is 5.75 Å². The Kier molecular flexibility index (Phi) is 7.44. The standard InChI is InChI=1S/C25H31N7O2/c1-3-31-11-13-32(14-12-31)18-9-10-23(27-16-18)30-24-15-21(19(17-28-24)25(26)33)29-20-7-5-6-8-22(20)34-4-2/h5-10,15-17H,3-4,11-14H2,1-2H3,(H2,26,33)(H2,27,28,29,30). The van der Waals surface area contributed by atoms with Crippen molar-refractivity contribution in [3.63, 3.8) is 0 Å². The van der Waals surface area contributed by atoms with E-state index in [1.165, 1.54) is 6.20 Å². The van der Waals surface area contributed by atoms with E-state index in [1.807, 2.05) is 43.5 Å². The lowest BCUT2D eigenvalue weighted by atomic mass is 10.2. The zero-order valence-corrected chi connectivity index (χ0v) is 19.6. The number of nitrogens with zero attached hydrogens (tertiary/aromatic N) is 4. The number of nitrogens with one attached hydrogen (secondary N) is 2. The Morgan fingerprint density at radius 2 is 1.74 bits per heavy atom. The van der Waals surface area contributed by atoms with E-state index in [4.69, 9.17) is 10.5 Å². The minimum atomic E-state index is -0.568. The molecule has 3 aromatic rings. The second-order valence-corrected chi connectivity index (χ2v) is 7.98. The maximum Gasteiger partial charge on any atom is 0.252 e. The van der Waals surface area contributed by atoms with E-state index in [9.17, 15) is 4.79 Å². The first-order valence-corrected chi connectivity index (χ1v) is 11.6. The molecule has 34 heavy (non-hydrogen) atoms. The average molecular weight is 462 g/mol. The Morgan fingerprint density at radius 3 is 2.41 bits per heavy atom. The van der Waals surface area contributed by atoms with Crippen LogP contribution < -0.4 is 26.0 Å². The Hall–Kier alpha value is -3.85. The van der Waals surface area contributed by atoms with Crippen molar-refractivity contribution >= 4 is 34.6 Å². The molecular weight excluding hydrogens is 430 g/mol. The summed E-state index contributed by atoms with van der Waals surface area (Å²) < 4.78 is 5.68. The molecule has 9 heteroatoms. The van der Waals surface area contributed by atoms with Crippen molar-refractivity contribution < 1.29 is 9.53 Å². The minimum Gasteiger partial charge on any atom is -0.492 e. The van der Waals surface area contributed by atoms with Crippen LogP contribution in [-0.4, -0.2) is 60.1 Å². The molecule has 3 heterocycles. The number of carbonyl (C=O) groups is 1. The summed E-state index contributed by atoms with van der Waals surface area (Å²) >= 11 is 0. The molecule has 9 nitrogen and oxygen atoms in total. The molecule has 0 spiro atoms. The van der Waals surface area contributed by atoms with Gasteiger partial charge in [0.15, 0.2) is 0 Å². The second kappa shape index (κ2) is 10.8. The van der Waals surface area contributed by atoms with Crippen molar-refractivity contribution in [2.45, 2.75) is 13.8 Å². The number of likely N-dealkylation sites (N-methyl/N-ethyl adjacent to an activating group) is 1. The zero-order valence-electron chi connectivity index (χ0n) is 19.6. The van der Waals surface area contributed by atoms with E-state index in [0.29, 0.717) is 29.7 Å². The van der Waals surface area contributed by atoms with Crippen molar-refractivity contribution in [3.05, 3.63) is 60.4 Å². The molecule has 1 aliphatic rings. The first-order chi connectivity index (χ1) is 16.6. The number of para-hydroxylation sites is 2. The summed E-state index contributed by atoms with van der Waals surface area (Å²) in [5, 5.41) is 6.47. The van der Waals surface area contributed by atoms with Crippen molar-refractivity contribution in [2.75, 3.05) is 54.9 Å². The molecule has 0 bridgehead atoms. The van der Waals surface area contributed by atoms with Gasteiger partial charge in [-0.3, -0.25) is 4.79 Å². The van der Waals surface area contributed by atoms with E-state index >= 15 is 0 Å². The van der Waals surface area contributed by atoms with Crippen molar-refractivity contribution in [1.82, 2.24) is 14.9 Å². The lowest BCUT2D eigenvalue weighted by Crippen LogP contribution is -2.46. The topological polar surface area (TPSA) is 109 Å². The summed E-state index contributed by atoms with van der Waals surface area (Å²) in [6, 6.07) is 13.3. The minimum absolute atomic E-state index is 0.284. The molecule has 1 saturated heterocycles. The molecule has 0 atom stereocenters. The van der Waals surface area contributed by atoms with Crippen molar-refractivity contribution in [2.24, 2.45) is 5.73 Å². The molecule has 4 N–H and O–H groups in total. The van der Waals surface area contributed by atoms with Crippen LogP contribution in [0.3, 0.4) is 0 Å². The Bertz CT molecular complexity index is 1110. The van der Waals surface area contributed by atoms with Gasteiger partial charge in [-0.15, -0.1) is 0 Å². The van der Waals surface area contributed by atoms with E-state index in [2.05, 4.69) is 43.4 Å². The van der Waals surface area contributed by atoms with E-state index in [1.54, 1.807) is 6.07 Å². The number of ether oxygens (including phenoxy) is 1. The summed E-state index contributed by atoms with van der Waals surface area (Å²) in [4.78, 5) is 25.7. The predicted molar refractivity (Wildman–Crippen MR) is 135 cm³/mol. The largest absolute Gasteiger partial charge is 0.492 e. The van der Waals surface area contributed by atoms with Gasteiger partial charge in [-0.25, -0.2) is 9.97 Å². The first kappa shape index (κ1) is 23.3. The lowest BCUT2D eigenvalue weighted by Gasteiger charge is -2.35. The maximum absolute atomic E-state index is 12.0. The molecule has 0 aliphatic carbocycles. The molecule has 0 unspecified atom stereocenters.